The molecule has 0 radical (unpaired) electrons. The maximum atomic E-state index is 6.26. The number of benzene rings is 1. The number of nitrogens with one attached hydrogen (secondary N) is 1. The van der Waals surface area contributed by atoms with Crippen molar-refractivity contribution in [2.24, 2.45) is 0 Å². The van der Waals surface area contributed by atoms with Crippen LogP contribution < -0.4 is 5.32 Å². The molecule has 0 aliphatic carbocycles. The quantitative estimate of drug-likeness (QED) is 0.873. The molecule has 1 aromatic heterocycles. The number of hydrogen-bond donors (Lipinski definition) is 1. The SMILES string of the molecule is CCc1c(CNC(C)C)oc2cc(Cl)cc(Cl)c12. The van der Waals surface area contributed by atoms with Gasteiger partial charge in [0.05, 0.1) is 11.6 Å². The van der Waals surface area contributed by atoms with Crippen LogP contribution in [0.3, 0.4) is 0 Å². The van der Waals surface area contributed by atoms with Crippen LogP contribution in [0.25, 0.3) is 11.0 Å². The van der Waals surface area contributed by atoms with Crippen molar-refractivity contribution >= 4 is 34.2 Å². The normalized spacial score (nSPS) is 11.7. The van der Waals surface area contributed by atoms with Crippen LogP contribution >= 0.6 is 23.2 Å². The summed E-state index contributed by atoms with van der Waals surface area (Å²) in [4.78, 5) is 0. The molecule has 18 heavy (non-hydrogen) atoms. The van der Waals surface area contributed by atoms with Gasteiger partial charge in [-0.3, -0.25) is 0 Å². The van der Waals surface area contributed by atoms with Gasteiger partial charge in [0.2, 0.25) is 0 Å². The molecule has 0 aliphatic rings. The zero-order valence-electron chi connectivity index (χ0n) is 10.8. The van der Waals surface area contributed by atoms with Gasteiger partial charge in [0.25, 0.3) is 0 Å². The molecule has 0 aliphatic heterocycles. The highest BCUT2D eigenvalue weighted by Gasteiger charge is 2.16. The molecule has 0 amide bonds. The lowest BCUT2D eigenvalue weighted by molar-refractivity contribution is 0.484. The van der Waals surface area contributed by atoms with Gasteiger partial charge in [-0.05, 0) is 12.5 Å². The number of aryl methyl sites for hydroxylation is 1. The van der Waals surface area contributed by atoms with Crippen LogP contribution in [-0.2, 0) is 13.0 Å². The van der Waals surface area contributed by atoms with E-state index in [1.54, 1.807) is 6.07 Å². The van der Waals surface area contributed by atoms with Crippen molar-refractivity contribution in [3.63, 3.8) is 0 Å². The molecule has 2 aromatic rings. The van der Waals surface area contributed by atoms with Crippen molar-refractivity contribution in [2.45, 2.75) is 39.8 Å². The highest BCUT2D eigenvalue weighted by Crippen LogP contribution is 2.34. The van der Waals surface area contributed by atoms with E-state index < -0.39 is 0 Å². The van der Waals surface area contributed by atoms with E-state index in [9.17, 15) is 0 Å². The Kier molecular flexibility index (Phi) is 4.21. The molecule has 1 aromatic carbocycles. The summed E-state index contributed by atoms with van der Waals surface area (Å²) in [5, 5.41) is 5.62. The summed E-state index contributed by atoms with van der Waals surface area (Å²) < 4.78 is 5.87. The molecule has 4 heteroatoms. The second-order valence-electron chi connectivity index (χ2n) is 4.65. The van der Waals surface area contributed by atoms with Crippen LogP contribution in [0.1, 0.15) is 32.1 Å². The molecule has 0 unspecified atom stereocenters. The molecular weight excluding hydrogens is 269 g/mol. The van der Waals surface area contributed by atoms with Crippen molar-refractivity contribution < 1.29 is 4.42 Å². The van der Waals surface area contributed by atoms with Crippen molar-refractivity contribution in [3.8, 4) is 0 Å². The van der Waals surface area contributed by atoms with Crippen LogP contribution in [-0.4, -0.2) is 6.04 Å². The van der Waals surface area contributed by atoms with E-state index in [1.807, 2.05) is 6.07 Å². The Balaban J connectivity index is 2.50. The Morgan fingerprint density at radius 3 is 2.61 bits per heavy atom. The van der Waals surface area contributed by atoms with E-state index in [0.29, 0.717) is 22.6 Å². The highest BCUT2D eigenvalue weighted by molar-refractivity contribution is 6.38. The first-order valence-corrected chi connectivity index (χ1v) is 6.91. The minimum absolute atomic E-state index is 0.418. The molecule has 1 N–H and O–H groups in total. The van der Waals surface area contributed by atoms with Gasteiger partial charge in [-0.1, -0.05) is 44.0 Å². The Labute approximate surface area is 117 Å². The first-order chi connectivity index (χ1) is 8.52. The molecule has 0 saturated carbocycles. The lowest BCUT2D eigenvalue weighted by Gasteiger charge is -2.06. The van der Waals surface area contributed by atoms with Crippen LogP contribution in [0.4, 0.5) is 0 Å². The molecule has 1 heterocycles. The first kappa shape index (κ1) is 13.7. The highest BCUT2D eigenvalue weighted by atomic mass is 35.5. The molecular formula is C14H17Cl2NO. The van der Waals surface area contributed by atoms with Crippen molar-refractivity contribution in [1.29, 1.82) is 0 Å². The number of hydrogen-bond acceptors (Lipinski definition) is 2. The molecule has 0 saturated heterocycles. The third kappa shape index (κ3) is 2.66. The maximum absolute atomic E-state index is 6.26. The lowest BCUT2D eigenvalue weighted by Crippen LogP contribution is -2.22. The summed E-state index contributed by atoms with van der Waals surface area (Å²) >= 11 is 12.3. The van der Waals surface area contributed by atoms with E-state index in [2.05, 4.69) is 26.1 Å². The smallest absolute Gasteiger partial charge is 0.137 e. The summed E-state index contributed by atoms with van der Waals surface area (Å²) in [5.41, 5.74) is 1.93. The van der Waals surface area contributed by atoms with Gasteiger partial charge in [0.1, 0.15) is 11.3 Å². The molecule has 98 valence electrons. The van der Waals surface area contributed by atoms with E-state index in [0.717, 1.165) is 23.2 Å². The molecule has 2 nitrogen and oxygen atoms in total. The standard InChI is InChI=1S/C14H17Cl2NO/c1-4-10-13(7-17-8(2)3)18-12-6-9(15)5-11(16)14(10)12/h5-6,8,17H,4,7H2,1-3H3. The van der Waals surface area contributed by atoms with Gasteiger partial charge in [0.15, 0.2) is 0 Å². The van der Waals surface area contributed by atoms with Gasteiger partial charge in [0, 0.05) is 28.1 Å². The van der Waals surface area contributed by atoms with Crippen molar-refractivity contribution in [3.05, 3.63) is 33.5 Å². The Bertz CT molecular complexity index is 560. The van der Waals surface area contributed by atoms with E-state index in [4.69, 9.17) is 27.6 Å². The number of halogens is 2. The predicted octanol–water partition coefficient (Wildman–Crippen LogP) is 4.80. The van der Waals surface area contributed by atoms with E-state index in [1.165, 1.54) is 5.56 Å². The van der Waals surface area contributed by atoms with Gasteiger partial charge < -0.3 is 9.73 Å². The molecule has 0 fully saturated rings. The fourth-order valence-electron chi connectivity index (χ4n) is 2.07. The zero-order chi connectivity index (χ0) is 13.3. The average molecular weight is 286 g/mol. The lowest BCUT2D eigenvalue weighted by atomic mass is 10.1. The summed E-state index contributed by atoms with van der Waals surface area (Å²) in [5.74, 6) is 0.949. The molecule has 0 bridgehead atoms. The Hall–Kier alpha value is -0.700. The fourth-order valence-corrected chi connectivity index (χ4v) is 2.66. The maximum Gasteiger partial charge on any atom is 0.137 e. The summed E-state index contributed by atoms with van der Waals surface area (Å²) in [7, 11) is 0. The third-order valence-electron chi connectivity index (χ3n) is 2.91. The Morgan fingerprint density at radius 2 is 2.00 bits per heavy atom. The van der Waals surface area contributed by atoms with Crippen molar-refractivity contribution in [1.82, 2.24) is 5.32 Å². The number of fused-ring (bicyclic) bond motifs is 1. The molecule has 0 atom stereocenters. The largest absolute Gasteiger partial charge is 0.459 e. The van der Waals surface area contributed by atoms with Gasteiger partial charge in [-0.15, -0.1) is 0 Å². The van der Waals surface area contributed by atoms with Crippen molar-refractivity contribution in [2.75, 3.05) is 0 Å². The van der Waals surface area contributed by atoms with Crippen LogP contribution in [0.2, 0.25) is 10.0 Å². The molecule has 0 spiro atoms. The van der Waals surface area contributed by atoms with Crippen LogP contribution in [0, 0.1) is 0 Å². The monoisotopic (exact) mass is 285 g/mol. The Morgan fingerprint density at radius 1 is 1.28 bits per heavy atom. The van der Waals surface area contributed by atoms with Crippen LogP contribution in [0.15, 0.2) is 16.5 Å². The minimum Gasteiger partial charge on any atom is -0.459 e. The molecule has 2 rings (SSSR count). The average Bonchev–Trinajstić information content (AvgIpc) is 2.63. The summed E-state index contributed by atoms with van der Waals surface area (Å²) in [6.45, 7) is 7.04. The third-order valence-corrected chi connectivity index (χ3v) is 3.43. The minimum atomic E-state index is 0.418. The first-order valence-electron chi connectivity index (χ1n) is 6.15. The fraction of sp³-hybridized carbons (Fsp3) is 0.429. The number of furan rings is 1. The van der Waals surface area contributed by atoms with Crippen LogP contribution in [0.5, 0.6) is 0 Å². The second-order valence-corrected chi connectivity index (χ2v) is 5.50. The topological polar surface area (TPSA) is 25.2 Å². The summed E-state index contributed by atoms with van der Waals surface area (Å²) in [6, 6.07) is 4.00. The summed E-state index contributed by atoms with van der Waals surface area (Å²) in [6.07, 6.45) is 0.892. The van der Waals surface area contributed by atoms with E-state index >= 15 is 0 Å². The van der Waals surface area contributed by atoms with Gasteiger partial charge in [-0.2, -0.15) is 0 Å². The second kappa shape index (κ2) is 5.52. The van der Waals surface area contributed by atoms with E-state index in [-0.39, 0.29) is 0 Å². The zero-order valence-corrected chi connectivity index (χ0v) is 12.3. The predicted molar refractivity (Wildman–Crippen MR) is 77.6 cm³/mol. The van der Waals surface area contributed by atoms with Gasteiger partial charge in [-0.25, -0.2) is 0 Å². The van der Waals surface area contributed by atoms with Gasteiger partial charge >= 0.3 is 0 Å². The number of rotatable bonds is 4.